The van der Waals surface area contributed by atoms with Gasteiger partial charge in [-0.15, -0.1) is 0 Å². The average molecular weight is 780 g/mol. The average Bonchev–Trinajstić information content (AvgIpc) is 3.18. The first-order valence-electron chi connectivity index (χ1n) is 19.0. The molecule has 6 atom stereocenters. The van der Waals surface area contributed by atoms with E-state index in [0.717, 1.165) is 0 Å². The summed E-state index contributed by atoms with van der Waals surface area (Å²) < 4.78 is 5.18. The van der Waals surface area contributed by atoms with Gasteiger partial charge in [-0.25, -0.2) is 0 Å². The summed E-state index contributed by atoms with van der Waals surface area (Å²) in [5.74, 6) is -4.82. The molecule has 0 radical (unpaired) electrons. The van der Waals surface area contributed by atoms with E-state index in [0.29, 0.717) is 55.6 Å². The van der Waals surface area contributed by atoms with Gasteiger partial charge in [0.25, 0.3) is 0 Å². The summed E-state index contributed by atoms with van der Waals surface area (Å²) in [6.45, 7) is 0.748. The van der Waals surface area contributed by atoms with Gasteiger partial charge in [0.2, 0.25) is 23.6 Å². The van der Waals surface area contributed by atoms with Gasteiger partial charge in [0.15, 0.2) is 5.78 Å². The fourth-order valence-electron chi connectivity index (χ4n) is 6.22. The largest absolute Gasteiger partial charge is 0.508 e. The summed E-state index contributed by atoms with van der Waals surface area (Å²) >= 11 is 0. The first-order valence-corrected chi connectivity index (χ1v) is 19.0. The van der Waals surface area contributed by atoms with Crippen molar-refractivity contribution >= 4 is 35.4 Å². The fraction of sp³-hybridized carbons (Fsp3) is 0.500. The van der Waals surface area contributed by atoms with E-state index in [1.165, 1.54) is 19.2 Å². The predicted molar refractivity (Wildman–Crippen MR) is 209 cm³/mol. The lowest BCUT2D eigenvalue weighted by atomic mass is 9.90. The van der Waals surface area contributed by atoms with Crippen LogP contribution in [0.1, 0.15) is 68.9 Å². The Morgan fingerprint density at radius 1 is 0.786 bits per heavy atom. The van der Waals surface area contributed by atoms with Crippen LogP contribution in [0.4, 0.5) is 0 Å². The number of nitrogens with one attached hydrogen (secondary N) is 4. The molecule has 0 saturated heterocycles. The topological polar surface area (TPSA) is 278 Å². The third-order valence-electron chi connectivity index (χ3n) is 9.58. The third kappa shape index (κ3) is 15.1. The molecule has 16 nitrogen and oxygen atoms in total. The van der Waals surface area contributed by atoms with E-state index < -0.39 is 77.9 Å². The maximum Gasteiger partial charge on any atom is 0.307 e. The Morgan fingerprint density at radius 2 is 1.32 bits per heavy atom. The minimum absolute atomic E-state index is 0.00694. The molecule has 16 heteroatoms. The number of ether oxygens (including phenoxy) is 1. The van der Waals surface area contributed by atoms with Crippen molar-refractivity contribution in [3.05, 3.63) is 71.8 Å². The van der Waals surface area contributed by atoms with Gasteiger partial charge >= 0.3 is 5.97 Å². The van der Waals surface area contributed by atoms with Crippen molar-refractivity contribution in [3.63, 3.8) is 0 Å². The molecule has 3 rings (SSSR count). The first-order chi connectivity index (χ1) is 26.8. The fourth-order valence-corrected chi connectivity index (χ4v) is 6.22. The smallest absolute Gasteiger partial charge is 0.307 e. The summed E-state index contributed by atoms with van der Waals surface area (Å²) in [7, 11) is 1.51. The molecule has 1 aliphatic rings. The predicted octanol–water partition coefficient (Wildman–Crippen LogP) is 0.721. The second-order valence-electron chi connectivity index (χ2n) is 14.0. The standard InChI is InChI=1S/C40H57N7O9/c1-56-29-18-14-25(15-19-29)22-27(40(54)55)24-35(49)34(23-26-12-16-28(48)17-13-26)47-39(53)32-9-3-2-8-30(43)36(50)44-31(10-4-6-20-41)37(51)46-33(38(52)45-32)11-5-7-21-42/h2-3,12-19,27,30-34,48H,4-11,20-24,41-43H2,1H3,(H,44,50)(H,45,52)(H,46,51)(H,47,53)(H,54,55)/t27-,30+,31+,32+,33+,34+/m1/s1. The number of methoxy groups -OCH3 is 1. The highest BCUT2D eigenvalue weighted by Crippen LogP contribution is 2.20. The van der Waals surface area contributed by atoms with Crippen LogP contribution in [-0.2, 0) is 41.6 Å². The van der Waals surface area contributed by atoms with Crippen molar-refractivity contribution in [2.75, 3.05) is 20.2 Å². The zero-order chi connectivity index (χ0) is 41.0. The van der Waals surface area contributed by atoms with E-state index in [9.17, 15) is 39.0 Å². The number of rotatable bonds is 19. The van der Waals surface area contributed by atoms with Crippen LogP contribution >= 0.6 is 0 Å². The summed E-state index contributed by atoms with van der Waals surface area (Å²) in [5, 5.41) is 30.8. The van der Waals surface area contributed by atoms with E-state index >= 15 is 0 Å². The van der Waals surface area contributed by atoms with Gasteiger partial charge in [-0.1, -0.05) is 36.4 Å². The van der Waals surface area contributed by atoms with Crippen molar-refractivity contribution in [2.45, 2.75) is 101 Å². The Bertz CT molecular complexity index is 1640. The molecule has 0 saturated carbocycles. The van der Waals surface area contributed by atoms with Crippen LogP contribution in [0.5, 0.6) is 11.5 Å². The van der Waals surface area contributed by atoms with Gasteiger partial charge in [-0.2, -0.15) is 0 Å². The molecular weight excluding hydrogens is 722 g/mol. The van der Waals surface area contributed by atoms with E-state index in [4.69, 9.17) is 21.9 Å². The molecule has 2 aromatic carbocycles. The van der Waals surface area contributed by atoms with E-state index in [-0.39, 0.29) is 44.3 Å². The lowest BCUT2D eigenvalue weighted by molar-refractivity contribution is -0.144. The summed E-state index contributed by atoms with van der Waals surface area (Å²) in [5.41, 5.74) is 18.7. The molecule has 1 aliphatic heterocycles. The third-order valence-corrected chi connectivity index (χ3v) is 9.58. The van der Waals surface area contributed by atoms with Crippen LogP contribution in [0.3, 0.4) is 0 Å². The van der Waals surface area contributed by atoms with Crippen LogP contribution in [0.2, 0.25) is 0 Å². The lowest BCUT2D eigenvalue weighted by Gasteiger charge is -2.27. The van der Waals surface area contributed by atoms with Gasteiger partial charge in [0.05, 0.1) is 25.1 Å². The highest BCUT2D eigenvalue weighted by molar-refractivity contribution is 5.96. The van der Waals surface area contributed by atoms with Crippen LogP contribution < -0.4 is 43.2 Å². The Balaban J connectivity index is 1.92. The van der Waals surface area contributed by atoms with Gasteiger partial charge in [-0.3, -0.25) is 28.8 Å². The maximum atomic E-state index is 14.1. The summed E-state index contributed by atoms with van der Waals surface area (Å²) in [6, 6.07) is 7.28. The molecule has 56 heavy (non-hydrogen) atoms. The minimum atomic E-state index is -1.24. The molecule has 2 aromatic rings. The molecule has 306 valence electrons. The number of hydrogen-bond donors (Lipinski definition) is 9. The number of hydrogen-bond acceptors (Lipinski definition) is 11. The van der Waals surface area contributed by atoms with E-state index in [1.54, 1.807) is 48.6 Å². The van der Waals surface area contributed by atoms with Crippen molar-refractivity contribution in [2.24, 2.45) is 23.1 Å². The quantitative estimate of drug-likeness (QED) is 0.0705. The van der Waals surface area contributed by atoms with E-state index in [1.807, 2.05) is 0 Å². The molecule has 1 heterocycles. The molecular formula is C40H57N7O9. The molecule has 0 aromatic heterocycles. The molecule has 0 bridgehead atoms. The van der Waals surface area contributed by atoms with Crippen LogP contribution in [0.15, 0.2) is 60.7 Å². The number of unbranched alkanes of at least 4 members (excludes halogenated alkanes) is 2. The summed E-state index contributed by atoms with van der Waals surface area (Å²) in [6.07, 6.45) is 5.43. The highest BCUT2D eigenvalue weighted by Gasteiger charge is 2.33. The highest BCUT2D eigenvalue weighted by atomic mass is 16.5. The number of phenolic OH excluding ortho intramolecular Hbond substituents is 1. The van der Waals surface area contributed by atoms with Crippen molar-refractivity contribution in [3.8, 4) is 11.5 Å². The van der Waals surface area contributed by atoms with E-state index in [2.05, 4.69) is 21.3 Å². The Kier molecular flexibility index (Phi) is 19.0. The second kappa shape index (κ2) is 23.6. The van der Waals surface area contributed by atoms with Gasteiger partial charge in [0, 0.05) is 6.42 Å². The summed E-state index contributed by atoms with van der Waals surface area (Å²) in [4.78, 5) is 80.8. The van der Waals surface area contributed by atoms with Crippen molar-refractivity contribution < 1.29 is 43.7 Å². The number of carbonyl (C=O) groups excluding carboxylic acids is 5. The zero-order valence-electron chi connectivity index (χ0n) is 31.9. The normalized spacial score (nSPS) is 20.4. The number of Topliss-reactive ketones (excluding diaryl/α,β-unsaturated/α-hetero) is 1. The lowest BCUT2D eigenvalue weighted by Crippen LogP contribution is -2.58. The number of aliphatic carboxylic acids is 1. The molecule has 0 unspecified atom stereocenters. The molecule has 0 spiro atoms. The first kappa shape index (κ1) is 45.1. The molecule has 12 N–H and O–H groups in total. The SMILES string of the molecule is COc1ccc(C[C@H](CC(=O)[C@H](Cc2ccc(O)cc2)NC(=O)[C@@H]2CC=CC[C@H](N)C(=O)N[C@@H](CCCCN)C(=O)N[C@@H](CCCCN)C(=O)N2)C(=O)O)cc1. The Morgan fingerprint density at radius 3 is 1.89 bits per heavy atom. The van der Waals surface area contributed by atoms with Gasteiger partial charge in [0.1, 0.15) is 29.6 Å². The number of aromatic hydroxyl groups is 1. The number of amides is 4. The number of benzene rings is 2. The molecule has 0 fully saturated rings. The van der Waals surface area contributed by atoms with Crippen LogP contribution in [0, 0.1) is 5.92 Å². The Labute approximate surface area is 327 Å². The number of phenols is 1. The van der Waals surface area contributed by atoms with Gasteiger partial charge < -0.3 is 53.4 Å². The number of carboxylic acid groups (broad SMARTS) is 1. The second-order valence-corrected chi connectivity index (χ2v) is 14.0. The monoisotopic (exact) mass is 779 g/mol. The number of carboxylic acids is 1. The van der Waals surface area contributed by atoms with Crippen LogP contribution in [0.25, 0.3) is 0 Å². The molecule has 0 aliphatic carbocycles. The van der Waals surface area contributed by atoms with Crippen molar-refractivity contribution in [1.29, 1.82) is 0 Å². The molecule has 4 amide bonds. The minimum Gasteiger partial charge on any atom is -0.508 e. The number of carbonyl (C=O) groups is 6. The number of ketones is 1. The zero-order valence-corrected chi connectivity index (χ0v) is 31.9. The number of nitrogens with two attached hydrogens (primary N) is 3. The van der Waals surface area contributed by atoms with Crippen molar-refractivity contribution in [1.82, 2.24) is 21.3 Å². The Hall–Kier alpha value is -5.32. The maximum absolute atomic E-state index is 14.1. The van der Waals surface area contributed by atoms with Crippen LogP contribution in [-0.4, -0.2) is 96.0 Å². The van der Waals surface area contributed by atoms with Gasteiger partial charge in [-0.05, 0) is 113 Å².